The minimum atomic E-state index is 0.188. The Labute approximate surface area is 120 Å². The summed E-state index contributed by atoms with van der Waals surface area (Å²) in [6.07, 6.45) is 6.01. The van der Waals surface area contributed by atoms with Crippen LogP contribution >= 0.6 is 11.3 Å². The fourth-order valence-electron chi connectivity index (χ4n) is 2.09. The van der Waals surface area contributed by atoms with Crippen molar-refractivity contribution in [1.29, 1.82) is 0 Å². The number of hydrogen-bond donors (Lipinski definition) is 1. The van der Waals surface area contributed by atoms with Gasteiger partial charge in [-0.1, -0.05) is 6.92 Å². The van der Waals surface area contributed by atoms with Crippen LogP contribution in [0.2, 0.25) is 0 Å². The fraction of sp³-hybridized carbons (Fsp3) is 0.267. The molecule has 1 aliphatic carbocycles. The monoisotopic (exact) mass is 280 g/mol. The second kappa shape index (κ2) is 4.15. The maximum Gasteiger partial charge on any atom is 0.142 e. The fourth-order valence-corrected chi connectivity index (χ4v) is 2.56. The molecule has 1 saturated carbocycles. The van der Waals surface area contributed by atoms with Crippen LogP contribution in [0.5, 0.6) is 0 Å². The van der Waals surface area contributed by atoms with Gasteiger partial charge in [0, 0.05) is 17.0 Å². The molecule has 0 amide bonds. The Morgan fingerprint density at radius 2 is 2.20 bits per heavy atom. The summed E-state index contributed by atoms with van der Waals surface area (Å²) in [4.78, 5) is 17.3. The number of aromatic amines is 1. The molecule has 0 radical (unpaired) electrons. The lowest BCUT2D eigenvalue weighted by Crippen LogP contribution is -2.06. The second-order valence-electron chi connectivity index (χ2n) is 5.36. The summed E-state index contributed by atoms with van der Waals surface area (Å²) >= 11 is 1.54. The Bertz CT molecular complexity index is 832. The van der Waals surface area contributed by atoms with Crippen molar-refractivity contribution in [3.63, 3.8) is 0 Å². The van der Waals surface area contributed by atoms with E-state index in [1.165, 1.54) is 24.2 Å². The van der Waals surface area contributed by atoms with E-state index in [2.05, 4.69) is 38.7 Å². The highest BCUT2D eigenvalue weighted by molar-refractivity contribution is 7.10. The minimum absolute atomic E-state index is 0.188. The van der Waals surface area contributed by atoms with Crippen LogP contribution in [0.3, 0.4) is 0 Å². The molecular weight excluding hydrogens is 268 g/mol. The van der Waals surface area contributed by atoms with Crippen LogP contribution in [0.15, 0.2) is 24.0 Å². The Balaban J connectivity index is 1.72. The molecule has 0 saturated heterocycles. The predicted molar refractivity (Wildman–Crippen MR) is 78.6 cm³/mol. The van der Waals surface area contributed by atoms with Gasteiger partial charge in [0.2, 0.25) is 0 Å². The first-order valence-electron chi connectivity index (χ1n) is 6.50. The van der Waals surface area contributed by atoms with Crippen molar-refractivity contribution in [2.45, 2.75) is 25.2 Å². The van der Waals surface area contributed by atoms with Crippen molar-refractivity contribution in [3.05, 3.63) is 40.4 Å². The van der Waals surface area contributed by atoms with Crippen molar-refractivity contribution in [2.75, 3.05) is 0 Å². The van der Waals surface area contributed by atoms with Crippen LogP contribution in [0.4, 0.5) is 0 Å². The van der Waals surface area contributed by atoms with Crippen molar-refractivity contribution >= 4 is 22.4 Å². The van der Waals surface area contributed by atoms with E-state index >= 15 is 0 Å². The van der Waals surface area contributed by atoms with Crippen molar-refractivity contribution in [2.24, 2.45) is 0 Å². The molecular formula is C15H12N4S. The molecule has 1 N–H and O–H groups in total. The molecule has 0 aliphatic heterocycles. The van der Waals surface area contributed by atoms with E-state index in [1.807, 2.05) is 12.3 Å². The molecule has 4 nitrogen and oxygen atoms in total. The van der Waals surface area contributed by atoms with Gasteiger partial charge in [-0.15, -0.1) is 11.3 Å². The third kappa shape index (κ3) is 1.98. The van der Waals surface area contributed by atoms with Crippen molar-refractivity contribution in [1.82, 2.24) is 19.9 Å². The molecule has 1 fully saturated rings. The van der Waals surface area contributed by atoms with Gasteiger partial charge in [-0.3, -0.25) is 4.98 Å². The van der Waals surface area contributed by atoms with E-state index in [9.17, 15) is 0 Å². The maximum atomic E-state index is 4.63. The third-order valence-electron chi connectivity index (χ3n) is 3.66. The molecule has 4 rings (SSSR count). The number of aromatic nitrogens is 4. The highest BCUT2D eigenvalue weighted by Gasteiger charge is 2.42. The van der Waals surface area contributed by atoms with Gasteiger partial charge in [-0.05, 0) is 30.7 Å². The van der Waals surface area contributed by atoms with Crippen molar-refractivity contribution < 1.29 is 0 Å². The van der Waals surface area contributed by atoms with Crippen LogP contribution in [0.25, 0.3) is 11.0 Å². The first-order valence-corrected chi connectivity index (χ1v) is 7.38. The predicted octanol–water partition coefficient (Wildman–Crippen LogP) is 2.87. The summed E-state index contributed by atoms with van der Waals surface area (Å²) in [6, 6.07) is 1.99. The van der Waals surface area contributed by atoms with Gasteiger partial charge in [-0.25, -0.2) is 9.97 Å². The maximum absolute atomic E-state index is 4.63. The lowest BCUT2D eigenvalue weighted by atomic mass is 10.1. The molecule has 20 heavy (non-hydrogen) atoms. The quantitative estimate of drug-likeness (QED) is 0.697. The lowest BCUT2D eigenvalue weighted by molar-refractivity contribution is 0.714. The highest BCUT2D eigenvalue weighted by Crippen LogP contribution is 2.45. The van der Waals surface area contributed by atoms with Gasteiger partial charge in [0.1, 0.15) is 11.5 Å². The summed E-state index contributed by atoms with van der Waals surface area (Å²) in [5.74, 6) is 7.13. The van der Waals surface area contributed by atoms with Crippen LogP contribution < -0.4 is 0 Å². The number of nitrogens with zero attached hydrogens (tertiary/aromatic N) is 3. The zero-order valence-electron chi connectivity index (χ0n) is 11.0. The van der Waals surface area contributed by atoms with Crippen LogP contribution in [0, 0.1) is 11.8 Å². The highest BCUT2D eigenvalue weighted by atomic mass is 32.1. The van der Waals surface area contributed by atoms with Gasteiger partial charge < -0.3 is 4.98 Å². The number of H-pyrrole nitrogens is 1. The summed E-state index contributed by atoms with van der Waals surface area (Å²) in [5, 5.41) is 1.01. The number of nitrogens with one attached hydrogen (secondary N) is 1. The van der Waals surface area contributed by atoms with E-state index in [4.69, 9.17) is 0 Å². The van der Waals surface area contributed by atoms with Gasteiger partial charge in [0.15, 0.2) is 0 Å². The smallest absolute Gasteiger partial charge is 0.142 e. The molecule has 3 aromatic heterocycles. The number of rotatable bonds is 1. The number of fused-ring (bicyclic) bond motifs is 1. The SMILES string of the molecule is CC1(c2ncc3cc(C#Cc4cncs4)[nH]c3n2)CC1. The number of hydrogen-bond acceptors (Lipinski definition) is 4. The van der Waals surface area contributed by atoms with E-state index in [0.717, 1.165) is 27.4 Å². The number of thiazole rings is 1. The van der Waals surface area contributed by atoms with Gasteiger partial charge in [0.05, 0.1) is 22.3 Å². The molecule has 5 heteroatoms. The van der Waals surface area contributed by atoms with Crippen LogP contribution in [-0.2, 0) is 5.41 Å². The summed E-state index contributed by atoms with van der Waals surface area (Å²) in [6.45, 7) is 2.21. The second-order valence-corrected chi connectivity index (χ2v) is 6.24. The van der Waals surface area contributed by atoms with Crippen LogP contribution in [-0.4, -0.2) is 19.9 Å². The van der Waals surface area contributed by atoms with Gasteiger partial charge >= 0.3 is 0 Å². The average Bonchev–Trinajstić information content (AvgIpc) is 2.93. The van der Waals surface area contributed by atoms with E-state index in [1.54, 1.807) is 11.7 Å². The molecule has 3 heterocycles. The Morgan fingerprint density at radius 1 is 1.30 bits per heavy atom. The average molecular weight is 280 g/mol. The van der Waals surface area contributed by atoms with E-state index < -0.39 is 0 Å². The zero-order valence-corrected chi connectivity index (χ0v) is 11.8. The lowest BCUT2D eigenvalue weighted by Gasteiger charge is -2.04. The molecule has 0 unspecified atom stereocenters. The summed E-state index contributed by atoms with van der Waals surface area (Å²) in [7, 11) is 0. The summed E-state index contributed by atoms with van der Waals surface area (Å²) < 4.78 is 0. The molecule has 1 aliphatic rings. The van der Waals surface area contributed by atoms with Crippen LogP contribution in [0.1, 0.15) is 36.2 Å². The molecule has 0 spiro atoms. The molecule has 98 valence electrons. The topological polar surface area (TPSA) is 54.5 Å². The minimum Gasteiger partial charge on any atom is -0.333 e. The van der Waals surface area contributed by atoms with Gasteiger partial charge in [0.25, 0.3) is 0 Å². The standard InChI is InChI=1S/C15H12N4S/c1-15(4-5-15)14-17-7-10-6-11(18-13(10)19-14)2-3-12-8-16-9-20-12/h6-9H,4-5H2,1H3,(H,17,18,19). The first-order chi connectivity index (χ1) is 9.73. The Morgan fingerprint density at radius 3 is 2.95 bits per heavy atom. The van der Waals surface area contributed by atoms with Crippen molar-refractivity contribution in [3.8, 4) is 11.8 Å². The van der Waals surface area contributed by atoms with E-state index in [0.29, 0.717) is 0 Å². The first kappa shape index (κ1) is 11.6. The zero-order chi connectivity index (χ0) is 13.6. The Kier molecular flexibility index (Phi) is 2.41. The third-order valence-corrected chi connectivity index (χ3v) is 4.35. The Hall–Kier alpha value is -2.19. The normalized spacial score (nSPS) is 15.8. The largest absolute Gasteiger partial charge is 0.333 e. The molecule has 3 aromatic rings. The molecule has 0 atom stereocenters. The molecule has 0 bridgehead atoms. The van der Waals surface area contributed by atoms with E-state index in [-0.39, 0.29) is 5.41 Å². The van der Waals surface area contributed by atoms with Gasteiger partial charge in [-0.2, -0.15) is 0 Å². The summed E-state index contributed by atoms with van der Waals surface area (Å²) in [5.41, 5.74) is 3.70. The molecule has 0 aromatic carbocycles.